The van der Waals surface area contributed by atoms with Crippen molar-refractivity contribution in [1.82, 2.24) is 9.80 Å². The topological polar surface area (TPSA) is 46.9 Å². The lowest BCUT2D eigenvalue weighted by molar-refractivity contribution is 0.0400. The summed E-state index contributed by atoms with van der Waals surface area (Å²) in [5.74, 6) is -0.0808. The van der Waals surface area contributed by atoms with E-state index in [1.807, 2.05) is 0 Å². The molecule has 2 N–H and O–H groups in total. The van der Waals surface area contributed by atoms with Crippen LogP contribution in [0.4, 0.5) is 0 Å². The van der Waals surface area contributed by atoms with Crippen LogP contribution in [0.1, 0.15) is 60.8 Å². The summed E-state index contributed by atoms with van der Waals surface area (Å²) in [6, 6.07) is 4.24. The number of hydrogen-bond acceptors (Lipinski definition) is 5. The number of hydrogen-bond donors (Lipinski definition) is 2. The van der Waals surface area contributed by atoms with E-state index in [2.05, 4.69) is 21.9 Å². The molecule has 2 saturated heterocycles. The Hall–Kier alpha value is -0.460. The van der Waals surface area contributed by atoms with Crippen molar-refractivity contribution < 1.29 is 10.2 Å². The summed E-state index contributed by atoms with van der Waals surface area (Å²) in [4.78, 5) is 7.30. The first-order valence-electron chi connectivity index (χ1n) is 10.1. The number of thiophene rings is 1. The normalized spacial score (nSPS) is 23.3. The van der Waals surface area contributed by atoms with Gasteiger partial charge in [0.25, 0.3) is 0 Å². The molecule has 0 bridgehead atoms. The lowest BCUT2D eigenvalue weighted by Crippen LogP contribution is -2.37. The van der Waals surface area contributed by atoms with Crippen LogP contribution in [0.2, 0.25) is 0 Å². The Morgan fingerprint density at radius 2 is 1.48 bits per heavy atom. The molecule has 5 heteroatoms. The summed E-state index contributed by atoms with van der Waals surface area (Å²) < 4.78 is 0. The first-order valence-corrected chi connectivity index (χ1v) is 10.9. The molecule has 25 heavy (non-hydrogen) atoms. The Bertz CT molecular complexity index is 494. The van der Waals surface area contributed by atoms with Crippen LogP contribution in [0.25, 0.3) is 0 Å². The number of aliphatic hydroxyl groups is 2. The minimum Gasteiger partial charge on any atom is -0.396 e. The molecule has 2 fully saturated rings. The molecule has 0 aliphatic carbocycles. The summed E-state index contributed by atoms with van der Waals surface area (Å²) >= 11 is 1.73. The molecule has 1 aromatic rings. The van der Waals surface area contributed by atoms with Crippen LogP contribution < -0.4 is 0 Å². The van der Waals surface area contributed by atoms with Gasteiger partial charge in [0.1, 0.15) is 0 Å². The zero-order valence-electron chi connectivity index (χ0n) is 15.4. The third kappa shape index (κ3) is 5.76. The van der Waals surface area contributed by atoms with Gasteiger partial charge in [-0.15, -0.1) is 11.3 Å². The van der Waals surface area contributed by atoms with Gasteiger partial charge in [0.05, 0.1) is 6.10 Å². The summed E-state index contributed by atoms with van der Waals surface area (Å²) in [6.07, 6.45) is 8.59. The number of piperidine rings is 1. The molecule has 1 aromatic heterocycles. The maximum absolute atomic E-state index is 10.8. The largest absolute Gasteiger partial charge is 0.396 e. The molecular weight excluding hydrogens is 332 g/mol. The van der Waals surface area contributed by atoms with Crippen LogP contribution in [-0.4, -0.2) is 59.3 Å². The van der Waals surface area contributed by atoms with E-state index in [0.29, 0.717) is 0 Å². The van der Waals surface area contributed by atoms with Crippen molar-refractivity contribution in [3.63, 3.8) is 0 Å². The summed E-state index contributed by atoms with van der Waals surface area (Å²) in [6.45, 7) is 6.47. The van der Waals surface area contributed by atoms with E-state index < -0.39 is 6.10 Å². The van der Waals surface area contributed by atoms with E-state index in [1.54, 1.807) is 11.3 Å². The second-order valence-corrected chi connectivity index (χ2v) is 8.94. The zero-order valence-corrected chi connectivity index (χ0v) is 16.2. The molecule has 3 heterocycles. The van der Waals surface area contributed by atoms with E-state index in [0.717, 1.165) is 31.1 Å². The third-order valence-corrected chi connectivity index (χ3v) is 6.82. The highest BCUT2D eigenvalue weighted by atomic mass is 32.1. The Balaban J connectivity index is 1.55. The number of nitrogens with zero attached hydrogens (tertiary/aromatic N) is 2. The molecule has 4 nitrogen and oxygen atoms in total. The van der Waals surface area contributed by atoms with E-state index in [1.165, 1.54) is 62.9 Å². The Morgan fingerprint density at radius 1 is 0.880 bits per heavy atom. The molecular formula is C20H34N2O2S. The van der Waals surface area contributed by atoms with Gasteiger partial charge in [-0.3, -0.25) is 4.90 Å². The van der Waals surface area contributed by atoms with Gasteiger partial charge in [-0.2, -0.15) is 0 Å². The molecule has 0 saturated carbocycles. The van der Waals surface area contributed by atoms with E-state index in [4.69, 9.17) is 0 Å². The SMILES string of the molecule is OC[C@H](CN1CCCCC1)[C@@H](O)c1ccc(CN2CCCCCC2)s1. The molecule has 2 atom stereocenters. The molecule has 2 aliphatic heterocycles. The summed E-state index contributed by atoms with van der Waals surface area (Å²) in [5.41, 5.74) is 0. The molecule has 0 radical (unpaired) electrons. The van der Waals surface area contributed by atoms with Crippen LogP contribution in [-0.2, 0) is 6.54 Å². The van der Waals surface area contributed by atoms with Crippen molar-refractivity contribution >= 4 is 11.3 Å². The molecule has 0 unspecified atom stereocenters. The van der Waals surface area contributed by atoms with Crippen LogP contribution >= 0.6 is 11.3 Å². The highest BCUT2D eigenvalue weighted by molar-refractivity contribution is 7.12. The van der Waals surface area contributed by atoms with Crippen LogP contribution in [0.3, 0.4) is 0 Å². The minimum absolute atomic E-state index is 0.0526. The van der Waals surface area contributed by atoms with Crippen molar-refractivity contribution in [2.24, 2.45) is 5.92 Å². The average molecular weight is 367 g/mol. The fraction of sp³-hybridized carbons (Fsp3) is 0.800. The van der Waals surface area contributed by atoms with Gasteiger partial charge in [-0.25, -0.2) is 0 Å². The second-order valence-electron chi connectivity index (χ2n) is 7.74. The minimum atomic E-state index is -0.546. The summed E-state index contributed by atoms with van der Waals surface area (Å²) in [7, 11) is 0. The lowest BCUT2D eigenvalue weighted by Gasteiger charge is -2.31. The van der Waals surface area contributed by atoms with Gasteiger partial charge in [-0.1, -0.05) is 19.3 Å². The summed E-state index contributed by atoms with van der Waals surface area (Å²) in [5, 5.41) is 20.6. The second kappa shape index (κ2) is 10.0. The van der Waals surface area contributed by atoms with Crippen molar-refractivity contribution in [2.45, 2.75) is 57.6 Å². The lowest BCUT2D eigenvalue weighted by atomic mass is 10.00. The fourth-order valence-corrected chi connectivity index (χ4v) is 5.25. The molecule has 2 aliphatic rings. The van der Waals surface area contributed by atoms with Gasteiger partial charge in [0.2, 0.25) is 0 Å². The number of likely N-dealkylation sites (tertiary alicyclic amines) is 2. The van der Waals surface area contributed by atoms with Crippen molar-refractivity contribution in [2.75, 3.05) is 39.3 Å². The molecule has 0 spiro atoms. The Morgan fingerprint density at radius 3 is 2.12 bits per heavy atom. The zero-order chi connectivity index (χ0) is 17.5. The Kier molecular flexibility index (Phi) is 7.74. The molecule has 3 rings (SSSR count). The predicted octanol–water partition coefficient (Wildman–Crippen LogP) is 3.25. The van der Waals surface area contributed by atoms with Gasteiger partial charge in [-0.05, 0) is 64.0 Å². The fourth-order valence-electron chi connectivity index (χ4n) is 4.12. The quantitative estimate of drug-likeness (QED) is 0.778. The maximum Gasteiger partial charge on any atom is 0.0944 e. The van der Waals surface area contributed by atoms with Crippen molar-refractivity contribution in [3.05, 3.63) is 21.9 Å². The van der Waals surface area contributed by atoms with E-state index >= 15 is 0 Å². The Labute approximate surface area is 156 Å². The molecule has 142 valence electrons. The number of aliphatic hydroxyl groups excluding tert-OH is 2. The van der Waals surface area contributed by atoms with Gasteiger partial charge < -0.3 is 15.1 Å². The smallest absolute Gasteiger partial charge is 0.0944 e. The average Bonchev–Trinajstić information content (AvgIpc) is 2.95. The van der Waals surface area contributed by atoms with Gasteiger partial charge in [0, 0.05) is 35.4 Å². The first kappa shape index (κ1) is 19.3. The van der Waals surface area contributed by atoms with Gasteiger partial charge >= 0.3 is 0 Å². The standard InChI is InChI=1S/C20H34N2O2S/c23-16-17(14-21-10-6-3-7-11-21)20(24)19-9-8-18(25-19)15-22-12-4-1-2-5-13-22/h8-9,17,20,23-24H,1-7,10-16H2/t17-,20+/m0/s1. The van der Waals surface area contributed by atoms with Crippen LogP contribution in [0.15, 0.2) is 12.1 Å². The van der Waals surface area contributed by atoms with E-state index in [9.17, 15) is 10.2 Å². The van der Waals surface area contributed by atoms with E-state index in [-0.39, 0.29) is 12.5 Å². The third-order valence-electron chi connectivity index (χ3n) is 5.67. The van der Waals surface area contributed by atoms with Crippen LogP contribution in [0.5, 0.6) is 0 Å². The highest BCUT2D eigenvalue weighted by Crippen LogP contribution is 2.30. The monoisotopic (exact) mass is 366 g/mol. The van der Waals surface area contributed by atoms with Gasteiger partial charge in [0.15, 0.2) is 0 Å². The maximum atomic E-state index is 10.8. The molecule has 0 amide bonds. The first-order chi connectivity index (χ1) is 12.3. The predicted molar refractivity (Wildman–Crippen MR) is 104 cm³/mol. The van der Waals surface area contributed by atoms with Crippen LogP contribution in [0, 0.1) is 5.92 Å². The van der Waals surface area contributed by atoms with Crippen molar-refractivity contribution in [1.29, 1.82) is 0 Å². The molecule has 0 aromatic carbocycles. The number of rotatable bonds is 7. The highest BCUT2D eigenvalue weighted by Gasteiger charge is 2.25. The van der Waals surface area contributed by atoms with Crippen molar-refractivity contribution in [3.8, 4) is 0 Å².